The first-order valence-corrected chi connectivity index (χ1v) is 11.8. The highest BCUT2D eigenvalue weighted by molar-refractivity contribution is 5.83. The van der Waals surface area contributed by atoms with E-state index < -0.39 is 0 Å². The minimum atomic E-state index is -0.365. The van der Waals surface area contributed by atoms with Crippen LogP contribution in [-0.2, 0) is 16.0 Å². The van der Waals surface area contributed by atoms with E-state index in [1.165, 1.54) is 5.56 Å². The van der Waals surface area contributed by atoms with Crippen LogP contribution in [0.15, 0.2) is 48.5 Å². The van der Waals surface area contributed by atoms with E-state index in [9.17, 15) is 4.79 Å². The van der Waals surface area contributed by atoms with E-state index in [1.54, 1.807) is 7.11 Å². The molecule has 5 heteroatoms. The zero-order valence-corrected chi connectivity index (χ0v) is 19.7. The summed E-state index contributed by atoms with van der Waals surface area (Å²) in [5.74, 6) is 1.18. The molecule has 0 aliphatic carbocycles. The number of piperidine rings is 1. The number of carbonyl (C=O) groups excluding carboxylic acids is 1. The van der Waals surface area contributed by atoms with Crippen molar-refractivity contribution in [1.82, 2.24) is 9.80 Å². The smallest absolute Gasteiger partial charge is 0.229 e. The Morgan fingerprint density at radius 2 is 1.72 bits per heavy atom. The number of hydrogen-bond donors (Lipinski definition) is 0. The van der Waals surface area contributed by atoms with Crippen LogP contribution in [0.3, 0.4) is 0 Å². The maximum Gasteiger partial charge on any atom is 0.229 e. The molecule has 2 aromatic rings. The number of ether oxygens (including phenoxy) is 2. The molecule has 2 fully saturated rings. The monoisotopic (exact) mass is 436 g/mol. The molecule has 0 unspecified atom stereocenters. The second kappa shape index (κ2) is 10.1. The average Bonchev–Trinajstić information content (AvgIpc) is 2.84. The highest BCUT2D eigenvalue weighted by Gasteiger charge is 2.43. The molecule has 5 nitrogen and oxygen atoms in total. The van der Waals surface area contributed by atoms with Gasteiger partial charge in [0.05, 0.1) is 12.5 Å². The zero-order chi connectivity index (χ0) is 22.6. The van der Waals surface area contributed by atoms with Gasteiger partial charge < -0.3 is 19.3 Å². The van der Waals surface area contributed by atoms with E-state index >= 15 is 0 Å². The van der Waals surface area contributed by atoms with Crippen molar-refractivity contribution in [1.29, 1.82) is 0 Å². The zero-order valence-electron chi connectivity index (χ0n) is 19.7. The molecule has 1 amide bonds. The van der Waals surface area contributed by atoms with E-state index in [4.69, 9.17) is 9.47 Å². The third kappa shape index (κ3) is 5.00. The summed E-state index contributed by atoms with van der Waals surface area (Å²) in [5.41, 5.74) is 3.13. The fraction of sp³-hybridized carbons (Fsp3) is 0.519. The molecule has 32 heavy (non-hydrogen) atoms. The summed E-state index contributed by atoms with van der Waals surface area (Å²) >= 11 is 0. The van der Waals surface area contributed by atoms with Gasteiger partial charge >= 0.3 is 0 Å². The molecular formula is C27H36N2O3. The predicted octanol–water partition coefficient (Wildman–Crippen LogP) is 4.25. The summed E-state index contributed by atoms with van der Waals surface area (Å²) in [5, 5.41) is 0. The number of methoxy groups -OCH3 is 1. The molecule has 0 radical (unpaired) electrons. The molecule has 0 N–H and O–H groups in total. The highest BCUT2D eigenvalue weighted by atomic mass is 16.5. The fourth-order valence-electron chi connectivity index (χ4n) is 5.20. The summed E-state index contributed by atoms with van der Waals surface area (Å²) in [6.45, 7) is 3.03. The fourth-order valence-corrected chi connectivity index (χ4v) is 5.20. The van der Waals surface area contributed by atoms with Gasteiger partial charge in [0.25, 0.3) is 0 Å². The quantitative estimate of drug-likeness (QED) is 0.679. The topological polar surface area (TPSA) is 42.0 Å². The Kier molecular flexibility index (Phi) is 7.17. The van der Waals surface area contributed by atoms with Crippen LogP contribution in [0.4, 0.5) is 0 Å². The highest BCUT2D eigenvalue weighted by Crippen LogP contribution is 2.38. The van der Waals surface area contributed by atoms with Crippen molar-refractivity contribution in [2.24, 2.45) is 5.41 Å². The van der Waals surface area contributed by atoms with Gasteiger partial charge in [-0.1, -0.05) is 36.4 Å². The number of hydrogen-bond acceptors (Lipinski definition) is 4. The average molecular weight is 437 g/mol. The molecule has 2 aliphatic rings. The maximum absolute atomic E-state index is 13.8. The second-order valence-corrected chi connectivity index (χ2v) is 9.49. The molecule has 4 rings (SSSR count). The predicted molar refractivity (Wildman–Crippen MR) is 128 cm³/mol. The van der Waals surface area contributed by atoms with E-state index in [-0.39, 0.29) is 5.41 Å². The number of carbonyl (C=O) groups is 1. The second-order valence-electron chi connectivity index (χ2n) is 9.49. The number of rotatable bonds is 6. The first kappa shape index (κ1) is 22.8. The van der Waals surface area contributed by atoms with Crippen molar-refractivity contribution in [3.05, 3.63) is 54.1 Å². The third-order valence-electron chi connectivity index (χ3n) is 7.26. The molecule has 0 saturated carbocycles. The Morgan fingerprint density at radius 3 is 2.38 bits per heavy atom. The van der Waals surface area contributed by atoms with Gasteiger partial charge in [0.1, 0.15) is 5.75 Å². The van der Waals surface area contributed by atoms with E-state index in [1.807, 2.05) is 12.1 Å². The first-order valence-electron chi connectivity index (χ1n) is 11.8. The molecule has 2 aliphatic heterocycles. The molecule has 2 saturated heterocycles. The van der Waals surface area contributed by atoms with E-state index in [0.717, 1.165) is 62.1 Å². The Bertz CT molecular complexity index is 913. The Hall–Kier alpha value is -2.37. The summed E-state index contributed by atoms with van der Waals surface area (Å²) in [4.78, 5) is 18.2. The van der Waals surface area contributed by atoms with Gasteiger partial charge in [-0.25, -0.2) is 0 Å². The number of likely N-dealkylation sites (tertiary alicyclic amines) is 1. The van der Waals surface area contributed by atoms with Gasteiger partial charge in [-0.2, -0.15) is 0 Å². The van der Waals surface area contributed by atoms with Crippen LogP contribution in [-0.4, -0.2) is 69.3 Å². The normalized spacial score (nSPS) is 19.2. The largest absolute Gasteiger partial charge is 0.497 e. The molecule has 0 atom stereocenters. The third-order valence-corrected chi connectivity index (χ3v) is 7.26. The summed E-state index contributed by atoms with van der Waals surface area (Å²) < 4.78 is 11.1. The van der Waals surface area contributed by atoms with E-state index in [0.29, 0.717) is 25.2 Å². The molecule has 2 heterocycles. The molecule has 172 valence electrons. The molecule has 2 aromatic carbocycles. The van der Waals surface area contributed by atoms with Gasteiger partial charge in [0.2, 0.25) is 5.91 Å². The van der Waals surface area contributed by atoms with Crippen LogP contribution in [0.2, 0.25) is 0 Å². The summed E-state index contributed by atoms with van der Waals surface area (Å²) in [6, 6.07) is 17.3. The van der Waals surface area contributed by atoms with Crippen molar-refractivity contribution in [3.8, 4) is 16.9 Å². The minimum Gasteiger partial charge on any atom is -0.497 e. The van der Waals surface area contributed by atoms with Gasteiger partial charge in [0, 0.05) is 32.3 Å². The molecule has 0 bridgehead atoms. The first-order chi connectivity index (χ1) is 15.5. The lowest BCUT2D eigenvalue weighted by Crippen LogP contribution is -2.52. The van der Waals surface area contributed by atoms with Crippen molar-refractivity contribution in [3.63, 3.8) is 0 Å². The number of benzene rings is 2. The maximum atomic E-state index is 13.8. The Labute approximate surface area is 192 Å². The van der Waals surface area contributed by atoms with Crippen LogP contribution in [0.25, 0.3) is 11.1 Å². The van der Waals surface area contributed by atoms with Crippen LogP contribution >= 0.6 is 0 Å². The van der Waals surface area contributed by atoms with Crippen molar-refractivity contribution in [2.45, 2.75) is 38.1 Å². The van der Waals surface area contributed by atoms with Crippen molar-refractivity contribution in [2.75, 3.05) is 47.5 Å². The Balaban J connectivity index is 1.55. The van der Waals surface area contributed by atoms with Crippen LogP contribution in [0.5, 0.6) is 5.75 Å². The SMILES string of the molecule is COc1cccc(-c2cccc(CC3(C(=O)N4CCC(N(C)C)CC4)CCOCC3)c2)c1. The molecule has 0 spiro atoms. The molecular weight excluding hydrogens is 400 g/mol. The minimum absolute atomic E-state index is 0.324. The van der Waals surface area contributed by atoms with E-state index in [2.05, 4.69) is 60.3 Å². The lowest BCUT2D eigenvalue weighted by Gasteiger charge is -2.43. The lowest BCUT2D eigenvalue weighted by atomic mass is 9.73. The van der Waals surface area contributed by atoms with Gasteiger partial charge in [-0.05, 0) is 75.0 Å². The lowest BCUT2D eigenvalue weighted by molar-refractivity contribution is -0.149. The standard InChI is InChI=1S/C27H36N2O3/c1-28(2)24-10-14-29(15-11-24)26(30)27(12-16-32-17-13-27)20-21-6-4-7-22(18-21)23-8-5-9-25(19-23)31-3/h4-9,18-19,24H,10-17,20H2,1-3H3. The summed E-state index contributed by atoms with van der Waals surface area (Å²) in [6.07, 6.45) is 4.46. The molecule has 0 aromatic heterocycles. The van der Waals surface area contributed by atoms with Gasteiger partial charge in [-0.15, -0.1) is 0 Å². The van der Waals surface area contributed by atoms with Crippen LogP contribution in [0, 0.1) is 5.41 Å². The van der Waals surface area contributed by atoms with Gasteiger partial charge in [0.15, 0.2) is 0 Å². The number of nitrogens with zero attached hydrogens (tertiary/aromatic N) is 2. The van der Waals surface area contributed by atoms with Crippen molar-refractivity contribution >= 4 is 5.91 Å². The van der Waals surface area contributed by atoms with Gasteiger partial charge in [-0.3, -0.25) is 4.79 Å². The number of amides is 1. The van der Waals surface area contributed by atoms with Crippen LogP contribution < -0.4 is 4.74 Å². The Morgan fingerprint density at radius 1 is 1.06 bits per heavy atom. The van der Waals surface area contributed by atoms with Crippen LogP contribution in [0.1, 0.15) is 31.2 Å². The van der Waals surface area contributed by atoms with Crippen molar-refractivity contribution < 1.29 is 14.3 Å². The summed E-state index contributed by atoms with van der Waals surface area (Å²) in [7, 11) is 5.96.